The second kappa shape index (κ2) is 6.00. The maximum atomic E-state index is 7.58. The lowest BCUT2D eigenvalue weighted by atomic mass is 10.7. The van der Waals surface area contributed by atoms with Gasteiger partial charge in [0.2, 0.25) is 11.9 Å². The van der Waals surface area contributed by atoms with Crippen LogP contribution in [0.15, 0.2) is 9.98 Å². The molecule has 1 N–H and O–H groups in total. The molecule has 0 rings (SSSR count). The highest BCUT2D eigenvalue weighted by Crippen LogP contribution is 1.90. The molecule has 0 atom stereocenters. The van der Waals surface area contributed by atoms with Gasteiger partial charge in [0.25, 0.3) is 0 Å². The standard InChI is InChI=1S/C9H20N6/c1-13(2)7-11-9(15(5)6)12-8(10)14(3)4/h7,10H,1-6H3. The van der Waals surface area contributed by atoms with Crippen LogP contribution in [-0.2, 0) is 0 Å². The van der Waals surface area contributed by atoms with Gasteiger partial charge in [-0.05, 0) is 0 Å². The van der Waals surface area contributed by atoms with Gasteiger partial charge in [-0.1, -0.05) is 0 Å². The van der Waals surface area contributed by atoms with Crippen molar-refractivity contribution in [2.24, 2.45) is 9.98 Å². The Balaban J connectivity index is 4.74. The predicted octanol–water partition coefficient (Wildman–Crippen LogP) is -0.00973. The zero-order chi connectivity index (χ0) is 12.0. The fourth-order valence-corrected chi connectivity index (χ4v) is 0.606. The second-order valence-corrected chi connectivity index (χ2v) is 3.73. The molecule has 0 aromatic carbocycles. The Hall–Kier alpha value is -1.59. The van der Waals surface area contributed by atoms with Crippen LogP contribution in [0.3, 0.4) is 0 Å². The molecule has 0 spiro atoms. The van der Waals surface area contributed by atoms with Crippen LogP contribution >= 0.6 is 0 Å². The molecule has 15 heavy (non-hydrogen) atoms. The summed E-state index contributed by atoms with van der Waals surface area (Å²) >= 11 is 0. The molecule has 6 nitrogen and oxygen atoms in total. The van der Waals surface area contributed by atoms with Gasteiger partial charge in [0.05, 0.1) is 6.34 Å². The van der Waals surface area contributed by atoms with Gasteiger partial charge in [-0.2, -0.15) is 4.99 Å². The van der Waals surface area contributed by atoms with Crippen molar-refractivity contribution < 1.29 is 0 Å². The fourth-order valence-electron chi connectivity index (χ4n) is 0.606. The van der Waals surface area contributed by atoms with Gasteiger partial charge in [-0.25, -0.2) is 4.99 Å². The third kappa shape index (κ3) is 5.66. The number of hydrogen-bond donors (Lipinski definition) is 1. The zero-order valence-electron chi connectivity index (χ0n) is 10.3. The van der Waals surface area contributed by atoms with E-state index in [1.54, 1.807) is 30.2 Å². The molecule has 86 valence electrons. The minimum atomic E-state index is 0.176. The lowest BCUT2D eigenvalue weighted by molar-refractivity contribution is 0.590. The Morgan fingerprint density at radius 3 is 1.87 bits per heavy atom. The SMILES string of the molecule is CN(C)C=NC(=NC(=N)N(C)C)N(C)C. The summed E-state index contributed by atoms with van der Waals surface area (Å²) < 4.78 is 0. The fraction of sp³-hybridized carbons (Fsp3) is 0.667. The molecule has 0 saturated carbocycles. The summed E-state index contributed by atoms with van der Waals surface area (Å²) in [5.74, 6) is 0.678. The normalized spacial score (nSPS) is 11.7. The number of nitrogens with zero attached hydrogens (tertiary/aromatic N) is 5. The van der Waals surface area contributed by atoms with Crippen LogP contribution in [0.1, 0.15) is 0 Å². The maximum absolute atomic E-state index is 7.58. The van der Waals surface area contributed by atoms with Crippen molar-refractivity contribution in [3.8, 4) is 0 Å². The van der Waals surface area contributed by atoms with Crippen molar-refractivity contribution in [2.45, 2.75) is 0 Å². The lowest BCUT2D eigenvalue weighted by Gasteiger charge is -2.14. The van der Waals surface area contributed by atoms with E-state index in [4.69, 9.17) is 5.41 Å². The van der Waals surface area contributed by atoms with E-state index >= 15 is 0 Å². The van der Waals surface area contributed by atoms with E-state index in [-0.39, 0.29) is 5.96 Å². The Morgan fingerprint density at radius 2 is 1.53 bits per heavy atom. The first-order chi connectivity index (χ1) is 6.84. The third-order valence-electron chi connectivity index (χ3n) is 1.43. The van der Waals surface area contributed by atoms with Crippen molar-refractivity contribution in [2.75, 3.05) is 42.3 Å². The Morgan fingerprint density at radius 1 is 1.00 bits per heavy atom. The lowest BCUT2D eigenvalue weighted by Crippen LogP contribution is -2.26. The van der Waals surface area contributed by atoms with Crippen LogP contribution in [0.4, 0.5) is 0 Å². The minimum Gasteiger partial charge on any atom is -0.369 e. The molecule has 0 heterocycles. The Kier molecular flexibility index (Phi) is 5.36. The summed E-state index contributed by atoms with van der Waals surface area (Å²) in [5, 5.41) is 7.58. The first-order valence-corrected chi connectivity index (χ1v) is 4.57. The molecule has 0 saturated heterocycles. The topological polar surface area (TPSA) is 58.3 Å². The van der Waals surface area contributed by atoms with E-state index in [1.165, 1.54) is 0 Å². The van der Waals surface area contributed by atoms with Crippen molar-refractivity contribution in [1.82, 2.24) is 14.7 Å². The first-order valence-electron chi connectivity index (χ1n) is 4.57. The number of aliphatic imine (C=N–C) groups is 2. The second-order valence-electron chi connectivity index (χ2n) is 3.73. The van der Waals surface area contributed by atoms with E-state index in [9.17, 15) is 0 Å². The van der Waals surface area contributed by atoms with Gasteiger partial charge in [-0.3, -0.25) is 5.41 Å². The summed E-state index contributed by atoms with van der Waals surface area (Å²) in [4.78, 5) is 13.4. The predicted molar refractivity (Wildman–Crippen MR) is 64.7 cm³/mol. The molecular weight excluding hydrogens is 192 g/mol. The summed E-state index contributed by atoms with van der Waals surface area (Å²) in [6.07, 6.45) is 1.65. The quantitative estimate of drug-likeness (QED) is 0.491. The average Bonchev–Trinajstić information content (AvgIpc) is 2.10. The average molecular weight is 212 g/mol. The molecular formula is C9H20N6. The smallest absolute Gasteiger partial charge is 0.229 e. The van der Waals surface area contributed by atoms with E-state index in [0.29, 0.717) is 5.96 Å². The van der Waals surface area contributed by atoms with Crippen molar-refractivity contribution in [3.63, 3.8) is 0 Å². The van der Waals surface area contributed by atoms with Crippen molar-refractivity contribution in [3.05, 3.63) is 0 Å². The van der Waals surface area contributed by atoms with Crippen LogP contribution in [0.25, 0.3) is 0 Å². The van der Waals surface area contributed by atoms with Gasteiger partial charge in [0.1, 0.15) is 0 Å². The number of nitrogens with one attached hydrogen (secondary N) is 1. The van der Waals surface area contributed by atoms with E-state index in [0.717, 1.165) is 0 Å². The van der Waals surface area contributed by atoms with Crippen LogP contribution in [0.5, 0.6) is 0 Å². The summed E-state index contributed by atoms with van der Waals surface area (Å²) in [7, 11) is 11.0. The molecule has 0 aliphatic rings. The number of hydrogen-bond acceptors (Lipinski definition) is 1. The Bertz CT molecular complexity index is 264. The molecule has 0 unspecified atom stereocenters. The van der Waals surface area contributed by atoms with Gasteiger partial charge in [0.15, 0.2) is 0 Å². The zero-order valence-corrected chi connectivity index (χ0v) is 10.3. The van der Waals surface area contributed by atoms with Gasteiger partial charge in [0, 0.05) is 42.3 Å². The van der Waals surface area contributed by atoms with E-state index in [1.807, 2.05) is 33.1 Å². The largest absolute Gasteiger partial charge is 0.369 e. The van der Waals surface area contributed by atoms with Crippen LogP contribution in [0.2, 0.25) is 0 Å². The van der Waals surface area contributed by atoms with Gasteiger partial charge < -0.3 is 14.7 Å². The first kappa shape index (κ1) is 13.4. The third-order valence-corrected chi connectivity index (χ3v) is 1.43. The molecule has 0 radical (unpaired) electrons. The molecule has 0 bridgehead atoms. The van der Waals surface area contributed by atoms with Crippen LogP contribution in [0, 0.1) is 5.41 Å². The molecule has 0 aliphatic carbocycles. The number of rotatable bonds is 1. The summed E-state index contributed by atoms with van der Waals surface area (Å²) in [5.41, 5.74) is 0. The monoisotopic (exact) mass is 212 g/mol. The molecule has 0 aromatic heterocycles. The van der Waals surface area contributed by atoms with Crippen LogP contribution in [-0.4, -0.2) is 75.2 Å². The summed E-state index contributed by atoms with van der Waals surface area (Å²) in [6.45, 7) is 0. The van der Waals surface area contributed by atoms with Crippen molar-refractivity contribution >= 4 is 18.3 Å². The van der Waals surface area contributed by atoms with Crippen molar-refractivity contribution in [1.29, 1.82) is 5.41 Å². The summed E-state index contributed by atoms with van der Waals surface area (Å²) in [6, 6.07) is 0. The molecule has 0 fully saturated rings. The molecule has 0 aliphatic heterocycles. The van der Waals surface area contributed by atoms with Gasteiger partial charge in [-0.15, -0.1) is 0 Å². The highest BCUT2D eigenvalue weighted by molar-refractivity contribution is 5.96. The van der Waals surface area contributed by atoms with Gasteiger partial charge >= 0.3 is 0 Å². The highest BCUT2D eigenvalue weighted by Gasteiger charge is 2.02. The maximum Gasteiger partial charge on any atom is 0.229 e. The number of guanidine groups is 2. The molecule has 0 amide bonds. The Labute approximate surface area is 91.4 Å². The van der Waals surface area contributed by atoms with E-state index < -0.39 is 0 Å². The van der Waals surface area contributed by atoms with Crippen LogP contribution < -0.4 is 0 Å². The molecule has 0 aromatic rings. The van der Waals surface area contributed by atoms with E-state index in [2.05, 4.69) is 9.98 Å². The highest BCUT2D eigenvalue weighted by atomic mass is 15.3. The minimum absolute atomic E-state index is 0.176. The molecule has 6 heteroatoms.